The van der Waals surface area contributed by atoms with E-state index in [4.69, 9.17) is 27.6 Å². The molecule has 4 nitrogen and oxygen atoms in total. The number of fused-ring (bicyclic) bond motifs is 1. The second kappa shape index (κ2) is 5.87. The summed E-state index contributed by atoms with van der Waals surface area (Å²) >= 11 is 12.4. The van der Waals surface area contributed by atoms with Gasteiger partial charge in [0.15, 0.2) is 13.5 Å². The van der Waals surface area contributed by atoms with Gasteiger partial charge < -0.3 is 8.99 Å². The highest BCUT2D eigenvalue weighted by Crippen LogP contribution is 2.36. The Morgan fingerprint density at radius 3 is 2.52 bits per heavy atom. The Kier molecular flexibility index (Phi) is 4.68. The van der Waals surface area contributed by atoms with Crippen molar-refractivity contribution >= 4 is 42.6 Å². The monoisotopic (exact) mass is 345 g/mol. The molecule has 21 heavy (non-hydrogen) atoms. The third kappa shape index (κ3) is 3.42. The lowest BCUT2D eigenvalue weighted by Gasteiger charge is -2.36. The molecular formula is C14H21Cl2N3OSi. The number of rotatable bonds is 4. The van der Waals surface area contributed by atoms with Crippen LogP contribution in [0.3, 0.4) is 0 Å². The van der Waals surface area contributed by atoms with E-state index in [-0.39, 0.29) is 5.04 Å². The zero-order valence-electron chi connectivity index (χ0n) is 13.1. The van der Waals surface area contributed by atoms with E-state index in [1.807, 2.05) is 4.57 Å². The Bertz CT molecular complexity index is 649. The first-order valence-corrected chi connectivity index (χ1v) is 10.6. The van der Waals surface area contributed by atoms with E-state index in [2.05, 4.69) is 43.8 Å². The maximum atomic E-state index is 6.27. The molecule has 0 aliphatic rings. The molecule has 0 spiro atoms. The maximum Gasteiger partial charge on any atom is 0.192 e. The van der Waals surface area contributed by atoms with Gasteiger partial charge in [0.05, 0.1) is 12.1 Å². The zero-order valence-corrected chi connectivity index (χ0v) is 15.6. The van der Waals surface area contributed by atoms with Crippen LogP contribution in [0.4, 0.5) is 0 Å². The highest BCUT2D eigenvalue weighted by Gasteiger charge is 2.36. The van der Waals surface area contributed by atoms with Gasteiger partial charge in [0.1, 0.15) is 17.0 Å². The lowest BCUT2D eigenvalue weighted by atomic mass is 10.2. The van der Waals surface area contributed by atoms with Crippen molar-refractivity contribution in [3.8, 4) is 0 Å². The van der Waals surface area contributed by atoms with E-state index < -0.39 is 8.32 Å². The van der Waals surface area contributed by atoms with Gasteiger partial charge in [-0.1, -0.05) is 44.0 Å². The summed E-state index contributed by atoms with van der Waals surface area (Å²) in [4.78, 5) is 8.21. The van der Waals surface area contributed by atoms with Crippen molar-refractivity contribution in [3.05, 3.63) is 22.7 Å². The molecule has 0 saturated heterocycles. The minimum atomic E-state index is -1.76. The van der Waals surface area contributed by atoms with Crippen LogP contribution in [0.2, 0.25) is 28.4 Å². The molecule has 116 valence electrons. The molecule has 7 heteroatoms. The first-order valence-electron chi connectivity index (χ1n) is 6.93. The van der Waals surface area contributed by atoms with Gasteiger partial charge in [-0.2, -0.15) is 0 Å². The predicted octanol–water partition coefficient (Wildman–Crippen LogP) is 4.76. The maximum absolute atomic E-state index is 6.27. The van der Waals surface area contributed by atoms with Crippen molar-refractivity contribution in [2.75, 3.05) is 6.61 Å². The van der Waals surface area contributed by atoms with E-state index in [0.29, 0.717) is 23.5 Å². The fraction of sp³-hybridized carbons (Fsp3) is 0.571. The van der Waals surface area contributed by atoms with Crippen molar-refractivity contribution in [2.45, 2.75) is 45.4 Å². The summed E-state index contributed by atoms with van der Waals surface area (Å²) in [6.45, 7) is 12.4. The molecule has 0 fully saturated rings. The van der Waals surface area contributed by atoms with Crippen LogP contribution in [0.5, 0.6) is 0 Å². The largest absolute Gasteiger partial charge is 0.415 e. The number of aromatic nitrogens is 3. The second-order valence-electron chi connectivity index (χ2n) is 6.63. The van der Waals surface area contributed by atoms with Crippen molar-refractivity contribution in [1.29, 1.82) is 0 Å². The average Bonchev–Trinajstić information content (AvgIpc) is 2.65. The molecule has 2 rings (SSSR count). The summed E-state index contributed by atoms with van der Waals surface area (Å²) in [5.74, 6) is 0. The summed E-state index contributed by atoms with van der Waals surface area (Å²) < 4.78 is 8.10. The van der Waals surface area contributed by atoms with Gasteiger partial charge in [-0.3, -0.25) is 0 Å². The van der Waals surface area contributed by atoms with Gasteiger partial charge in [0.25, 0.3) is 0 Å². The summed E-state index contributed by atoms with van der Waals surface area (Å²) in [7, 11) is -1.76. The molecule has 0 saturated carbocycles. The van der Waals surface area contributed by atoms with Crippen LogP contribution in [0.1, 0.15) is 20.8 Å². The van der Waals surface area contributed by atoms with E-state index >= 15 is 0 Å². The molecule has 0 radical (unpaired) electrons. The number of hydrogen-bond acceptors (Lipinski definition) is 3. The molecule has 2 heterocycles. The lowest BCUT2D eigenvalue weighted by Crippen LogP contribution is -2.41. The van der Waals surface area contributed by atoms with Crippen LogP contribution in [0, 0.1) is 0 Å². The Labute approximate surface area is 136 Å². The molecule has 0 amide bonds. The molecule has 0 bridgehead atoms. The first-order chi connectivity index (χ1) is 9.63. The van der Waals surface area contributed by atoms with E-state index in [0.717, 1.165) is 11.0 Å². The SMILES string of the molecule is CC(C)(C)[Si](C)(C)OCCn1c(Cl)cc2ncnc(Cl)c21. The van der Waals surface area contributed by atoms with Crippen LogP contribution >= 0.6 is 23.2 Å². The minimum absolute atomic E-state index is 0.191. The Balaban J connectivity index is 2.17. The van der Waals surface area contributed by atoms with Crippen molar-refractivity contribution < 1.29 is 4.43 Å². The van der Waals surface area contributed by atoms with Crippen LogP contribution < -0.4 is 0 Å². The highest BCUT2D eigenvalue weighted by atomic mass is 35.5. The summed E-state index contributed by atoms with van der Waals surface area (Å²) in [6.07, 6.45) is 1.44. The number of hydrogen-bond donors (Lipinski definition) is 0. The van der Waals surface area contributed by atoms with Crippen molar-refractivity contribution in [2.24, 2.45) is 0 Å². The smallest absolute Gasteiger partial charge is 0.192 e. The van der Waals surface area contributed by atoms with Crippen LogP contribution in [-0.4, -0.2) is 29.5 Å². The highest BCUT2D eigenvalue weighted by molar-refractivity contribution is 6.74. The fourth-order valence-corrected chi connectivity index (χ4v) is 3.40. The van der Waals surface area contributed by atoms with Crippen LogP contribution in [0.15, 0.2) is 12.4 Å². The molecular weight excluding hydrogens is 325 g/mol. The van der Waals surface area contributed by atoms with Gasteiger partial charge in [-0.25, -0.2) is 9.97 Å². The average molecular weight is 346 g/mol. The molecule has 0 aliphatic heterocycles. The third-order valence-corrected chi connectivity index (χ3v) is 9.30. The molecule has 0 unspecified atom stereocenters. The summed E-state index contributed by atoms with van der Waals surface area (Å²) in [5.41, 5.74) is 1.52. The zero-order chi connectivity index (χ0) is 15.8. The molecule has 0 aliphatic carbocycles. The van der Waals surface area contributed by atoms with Crippen LogP contribution in [-0.2, 0) is 11.0 Å². The van der Waals surface area contributed by atoms with Crippen molar-refractivity contribution in [3.63, 3.8) is 0 Å². The van der Waals surface area contributed by atoms with Gasteiger partial charge in [-0.15, -0.1) is 0 Å². The van der Waals surface area contributed by atoms with E-state index in [1.165, 1.54) is 6.33 Å². The molecule has 2 aromatic heterocycles. The second-order valence-corrected chi connectivity index (χ2v) is 12.2. The van der Waals surface area contributed by atoms with Crippen molar-refractivity contribution in [1.82, 2.24) is 14.5 Å². The molecule has 0 atom stereocenters. The lowest BCUT2D eigenvalue weighted by molar-refractivity contribution is 0.273. The van der Waals surface area contributed by atoms with Crippen LogP contribution in [0.25, 0.3) is 11.0 Å². The Hall–Kier alpha value is -0.623. The Morgan fingerprint density at radius 2 is 1.90 bits per heavy atom. The van der Waals surface area contributed by atoms with Gasteiger partial charge in [-0.05, 0) is 18.1 Å². The van der Waals surface area contributed by atoms with Gasteiger partial charge in [0.2, 0.25) is 0 Å². The van der Waals surface area contributed by atoms with E-state index in [9.17, 15) is 0 Å². The van der Waals surface area contributed by atoms with E-state index in [1.54, 1.807) is 6.07 Å². The first kappa shape index (κ1) is 16.7. The van der Waals surface area contributed by atoms with Gasteiger partial charge in [0, 0.05) is 12.6 Å². The standard InChI is InChI=1S/C14H21Cl2N3OSi/c1-14(2,3)21(4,5)20-7-6-19-11(15)8-10-12(19)13(16)18-9-17-10/h8-9H,6-7H2,1-5H3. The fourth-order valence-electron chi connectivity index (χ4n) is 1.85. The number of halogens is 2. The summed E-state index contributed by atoms with van der Waals surface area (Å²) in [5, 5.41) is 1.21. The quantitative estimate of drug-likeness (QED) is 0.592. The normalized spacial score (nSPS) is 13.1. The van der Waals surface area contributed by atoms with Gasteiger partial charge >= 0.3 is 0 Å². The topological polar surface area (TPSA) is 39.9 Å². The third-order valence-electron chi connectivity index (χ3n) is 4.17. The summed E-state index contributed by atoms with van der Waals surface area (Å²) in [6, 6.07) is 1.80. The molecule has 0 N–H and O–H groups in total. The molecule has 2 aromatic rings. The Morgan fingerprint density at radius 1 is 1.24 bits per heavy atom. The minimum Gasteiger partial charge on any atom is -0.415 e. The number of nitrogens with zero attached hydrogens (tertiary/aromatic N) is 3. The molecule has 0 aromatic carbocycles. The predicted molar refractivity (Wildman–Crippen MR) is 90.7 cm³/mol.